The van der Waals surface area contributed by atoms with Gasteiger partial charge in [0.2, 0.25) is 0 Å². The third-order valence-electron chi connectivity index (χ3n) is 2.49. The molecule has 1 aliphatic rings. The summed E-state index contributed by atoms with van der Waals surface area (Å²) in [7, 11) is 0. The summed E-state index contributed by atoms with van der Waals surface area (Å²) < 4.78 is 18.8. The third-order valence-corrected chi connectivity index (χ3v) is 2.78. The summed E-state index contributed by atoms with van der Waals surface area (Å²) in [6.45, 7) is 4.04. The Kier molecular flexibility index (Phi) is 2.18. The first-order valence-corrected chi connectivity index (χ1v) is 5.03. The number of rotatable bonds is 0. The van der Waals surface area contributed by atoms with Crippen LogP contribution < -0.4 is 4.74 Å². The third kappa shape index (κ3) is 1.71. The molecule has 0 spiro atoms. The van der Waals surface area contributed by atoms with Crippen molar-refractivity contribution >= 4 is 11.6 Å². The topological polar surface area (TPSA) is 9.23 Å². The van der Waals surface area contributed by atoms with Crippen molar-refractivity contribution < 1.29 is 9.13 Å². The fourth-order valence-electron chi connectivity index (χ4n) is 1.64. The van der Waals surface area contributed by atoms with Gasteiger partial charge in [-0.25, -0.2) is 4.39 Å². The van der Waals surface area contributed by atoms with Gasteiger partial charge in [-0.2, -0.15) is 0 Å². The summed E-state index contributed by atoms with van der Waals surface area (Å²) in [4.78, 5) is 0. The van der Waals surface area contributed by atoms with E-state index < -0.39 is 0 Å². The zero-order valence-electron chi connectivity index (χ0n) is 8.23. The van der Waals surface area contributed by atoms with Gasteiger partial charge in [0.15, 0.2) is 0 Å². The Hall–Kier alpha value is -0.760. The highest BCUT2D eigenvalue weighted by Crippen LogP contribution is 2.35. The predicted octanol–water partition coefficient (Wildman–Crippen LogP) is 3.58. The molecule has 0 aliphatic carbocycles. The number of hydrogen-bond acceptors (Lipinski definition) is 1. The van der Waals surface area contributed by atoms with Crippen LogP contribution in [0.3, 0.4) is 0 Å². The van der Waals surface area contributed by atoms with Gasteiger partial charge in [0.05, 0.1) is 5.02 Å². The fraction of sp³-hybridized carbons (Fsp3) is 0.455. The lowest BCUT2D eigenvalue weighted by atomic mass is 9.94. The normalized spacial score (nSPS) is 18.6. The smallest absolute Gasteiger partial charge is 0.142 e. The molecule has 0 amide bonds. The maximum absolute atomic E-state index is 13.1. The first kappa shape index (κ1) is 9.78. The fourth-order valence-corrected chi connectivity index (χ4v) is 1.80. The summed E-state index contributed by atoms with van der Waals surface area (Å²) in [5.74, 6) is 0.348. The Labute approximate surface area is 87.8 Å². The molecular formula is C11H12ClFO. The van der Waals surface area contributed by atoms with E-state index in [1.165, 1.54) is 6.07 Å². The Morgan fingerprint density at radius 3 is 2.86 bits per heavy atom. The summed E-state index contributed by atoms with van der Waals surface area (Å²) in [6, 6.07) is 3.03. The molecule has 1 nitrogen and oxygen atoms in total. The van der Waals surface area contributed by atoms with Gasteiger partial charge in [0.1, 0.15) is 17.2 Å². The number of benzene rings is 1. The van der Waals surface area contributed by atoms with E-state index in [4.69, 9.17) is 16.3 Å². The molecule has 3 heteroatoms. The van der Waals surface area contributed by atoms with Gasteiger partial charge in [-0.15, -0.1) is 0 Å². The van der Waals surface area contributed by atoms with Crippen molar-refractivity contribution in [2.75, 3.05) is 0 Å². The average Bonchev–Trinajstić information content (AvgIpc) is 2.07. The van der Waals surface area contributed by atoms with Crippen LogP contribution >= 0.6 is 11.6 Å². The van der Waals surface area contributed by atoms with Gasteiger partial charge in [-0.1, -0.05) is 11.6 Å². The largest absolute Gasteiger partial charge is 0.488 e. The van der Waals surface area contributed by atoms with Gasteiger partial charge in [0.25, 0.3) is 0 Å². The van der Waals surface area contributed by atoms with E-state index in [9.17, 15) is 4.39 Å². The van der Waals surface area contributed by atoms with Crippen LogP contribution in [-0.4, -0.2) is 5.60 Å². The van der Waals surface area contributed by atoms with E-state index in [1.807, 2.05) is 13.8 Å². The van der Waals surface area contributed by atoms with Crippen LogP contribution in [0.4, 0.5) is 4.39 Å². The second-order valence-corrected chi connectivity index (χ2v) is 4.64. The maximum Gasteiger partial charge on any atom is 0.142 e. The number of aryl methyl sites for hydroxylation is 1. The van der Waals surface area contributed by atoms with Gasteiger partial charge in [-0.05, 0) is 38.3 Å². The van der Waals surface area contributed by atoms with Gasteiger partial charge in [-0.3, -0.25) is 0 Å². The lowest BCUT2D eigenvalue weighted by molar-refractivity contribution is 0.0845. The average molecular weight is 215 g/mol. The number of hydrogen-bond donors (Lipinski definition) is 0. The van der Waals surface area contributed by atoms with Crippen molar-refractivity contribution in [3.05, 3.63) is 28.5 Å². The molecule has 0 saturated carbocycles. The van der Waals surface area contributed by atoms with Gasteiger partial charge in [0, 0.05) is 6.07 Å². The zero-order valence-corrected chi connectivity index (χ0v) is 8.99. The SMILES string of the molecule is CC1(C)CCc2cc(F)c(Cl)cc2O1. The molecule has 1 aromatic rings. The lowest BCUT2D eigenvalue weighted by Crippen LogP contribution is -2.32. The van der Waals surface area contributed by atoms with E-state index in [1.54, 1.807) is 6.07 Å². The first-order valence-electron chi connectivity index (χ1n) is 4.65. The molecular weight excluding hydrogens is 203 g/mol. The van der Waals surface area contributed by atoms with Crippen molar-refractivity contribution in [1.29, 1.82) is 0 Å². The number of halogens is 2. The summed E-state index contributed by atoms with van der Waals surface area (Å²) in [5.41, 5.74) is 0.736. The standard InChI is InChI=1S/C11H12ClFO/c1-11(2)4-3-7-5-9(13)8(12)6-10(7)14-11/h5-6H,3-4H2,1-2H3. The van der Waals surface area contributed by atoms with Crippen molar-refractivity contribution in [3.8, 4) is 5.75 Å². The van der Waals surface area contributed by atoms with Crippen LogP contribution in [0.15, 0.2) is 12.1 Å². The van der Waals surface area contributed by atoms with Crippen molar-refractivity contribution in [3.63, 3.8) is 0 Å². The minimum Gasteiger partial charge on any atom is -0.488 e. The summed E-state index contributed by atoms with van der Waals surface area (Å²) in [6.07, 6.45) is 1.75. The minimum absolute atomic E-state index is 0.126. The molecule has 0 unspecified atom stereocenters. The Morgan fingerprint density at radius 1 is 1.43 bits per heavy atom. The second kappa shape index (κ2) is 3.13. The van der Waals surface area contributed by atoms with E-state index in [-0.39, 0.29) is 16.4 Å². The Balaban J connectivity index is 2.43. The van der Waals surface area contributed by atoms with Crippen molar-refractivity contribution in [2.24, 2.45) is 0 Å². The second-order valence-electron chi connectivity index (χ2n) is 4.24. The van der Waals surface area contributed by atoms with Crippen LogP contribution in [0.1, 0.15) is 25.8 Å². The number of fused-ring (bicyclic) bond motifs is 1. The van der Waals surface area contributed by atoms with E-state index in [0.717, 1.165) is 18.4 Å². The highest BCUT2D eigenvalue weighted by molar-refractivity contribution is 6.30. The molecule has 0 aromatic heterocycles. The van der Waals surface area contributed by atoms with Crippen LogP contribution in [-0.2, 0) is 6.42 Å². The zero-order chi connectivity index (χ0) is 10.3. The molecule has 1 heterocycles. The lowest BCUT2D eigenvalue weighted by Gasteiger charge is -2.32. The molecule has 0 fully saturated rings. The van der Waals surface area contributed by atoms with Gasteiger partial charge >= 0.3 is 0 Å². The van der Waals surface area contributed by atoms with Crippen molar-refractivity contribution in [1.82, 2.24) is 0 Å². The maximum atomic E-state index is 13.1. The highest BCUT2D eigenvalue weighted by atomic mass is 35.5. The summed E-state index contributed by atoms with van der Waals surface area (Å²) >= 11 is 5.68. The number of ether oxygens (including phenoxy) is 1. The predicted molar refractivity (Wildman–Crippen MR) is 54.4 cm³/mol. The highest BCUT2D eigenvalue weighted by Gasteiger charge is 2.27. The first-order chi connectivity index (χ1) is 6.48. The molecule has 2 rings (SSSR count). The van der Waals surface area contributed by atoms with Gasteiger partial charge < -0.3 is 4.74 Å². The quantitative estimate of drug-likeness (QED) is 0.642. The van der Waals surface area contributed by atoms with Crippen LogP contribution in [0.5, 0.6) is 5.75 Å². The molecule has 0 bridgehead atoms. The molecule has 0 radical (unpaired) electrons. The minimum atomic E-state index is -0.367. The van der Waals surface area contributed by atoms with Crippen LogP contribution in [0.25, 0.3) is 0 Å². The Bertz CT molecular complexity index is 374. The van der Waals surface area contributed by atoms with E-state index in [0.29, 0.717) is 5.75 Å². The van der Waals surface area contributed by atoms with Crippen molar-refractivity contribution in [2.45, 2.75) is 32.3 Å². The summed E-state index contributed by atoms with van der Waals surface area (Å²) in [5, 5.41) is 0.126. The molecule has 76 valence electrons. The molecule has 0 N–H and O–H groups in total. The Morgan fingerprint density at radius 2 is 2.14 bits per heavy atom. The van der Waals surface area contributed by atoms with Crippen LogP contribution in [0.2, 0.25) is 5.02 Å². The molecule has 1 aromatic carbocycles. The van der Waals surface area contributed by atoms with Crippen LogP contribution in [0, 0.1) is 5.82 Å². The molecule has 1 aliphatic heterocycles. The molecule has 14 heavy (non-hydrogen) atoms. The van der Waals surface area contributed by atoms with E-state index in [2.05, 4.69) is 0 Å². The monoisotopic (exact) mass is 214 g/mol. The molecule has 0 atom stereocenters. The van der Waals surface area contributed by atoms with E-state index >= 15 is 0 Å². The molecule has 0 saturated heterocycles.